The van der Waals surface area contributed by atoms with Crippen LogP contribution in [-0.2, 0) is 9.59 Å². The van der Waals surface area contributed by atoms with Gasteiger partial charge in [0.05, 0.1) is 0 Å². The van der Waals surface area contributed by atoms with E-state index in [9.17, 15) is 14.7 Å². The van der Waals surface area contributed by atoms with Gasteiger partial charge in [0.15, 0.2) is 0 Å². The van der Waals surface area contributed by atoms with Crippen molar-refractivity contribution in [2.45, 2.75) is 53.0 Å². The molecule has 1 aliphatic rings. The van der Waals surface area contributed by atoms with Crippen LogP contribution in [0.2, 0.25) is 0 Å². The molecule has 1 aliphatic heterocycles. The Balaban J connectivity index is 2.49. The summed E-state index contributed by atoms with van der Waals surface area (Å²) in [6.07, 6.45) is 2.67. The van der Waals surface area contributed by atoms with Gasteiger partial charge in [-0.3, -0.25) is 14.5 Å². The van der Waals surface area contributed by atoms with Crippen LogP contribution >= 0.6 is 0 Å². The highest BCUT2D eigenvalue weighted by Gasteiger charge is 2.30. The zero-order valence-electron chi connectivity index (χ0n) is 13.1. The van der Waals surface area contributed by atoms with Crippen LogP contribution in [-0.4, -0.2) is 47.6 Å². The summed E-state index contributed by atoms with van der Waals surface area (Å²) in [4.78, 5) is 25.1. The molecule has 116 valence electrons. The second-order valence-electron chi connectivity index (χ2n) is 6.73. The molecule has 2 N–H and O–H groups in total. The summed E-state index contributed by atoms with van der Waals surface area (Å²) in [6, 6.07) is -0.392. The van der Waals surface area contributed by atoms with Crippen LogP contribution < -0.4 is 5.32 Å². The summed E-state index contributed by atoms with van der Waals surface area (Å²) in [5.41, 5.74) is -0.374. The molecule has 5 heteroatoms. The summed E-state index contributed by atoms with van der Waals surface area (Å²) in [7, 11) is 0. The Bertz CT molecular complexity index is 350. The summed E-state index contributed by atoms with van der Waals surface area (Å²) in [6.45, 7) is 9.84. The lowest BCUT2D eigenvalue weighted by molar-refractivity contribution is -0.144. The largest absolute Gasteiger partial charge is 0.480 e. The van der Waals surface area contributed by atoms with E-state index in [0.717, 1.165) is 25.9 Å². The summed E-state index contributed by atoms with van der Waals surface area (Å²) < 4.78 is 0. The van der Waals surface area contributed by atoms with Crippen molar-refractivity contribution in [2.24, 2.45) is 11.3 Å². The third-order valence-corrected chi connectivity index (χ3v) is 3.90. The highest BCUT2D eigenvalue weighted by atomic mass is 16.4. The monoisotopic (exact) mass is 284 g/mol. The Hall–Kier alpha value is -1.10. The van der Waals surface area contributed by atoms with Crippen molar-refractivity contribution in [3.05, 3.63) is 0 Å². The molecule has 0 radical (unpaired) electrons. The number of carboxylic acids is 1. The number of piperidine rings is 1. The highest BCUT2D eigenvalue weighted by molar-refractivity contribution is 5.81. The number of amides is 1. The lowest BCUT2D eigenvalue weighted by Crippen LogP contribution is -2.49. The minimum Gasteiger partial charge on any atom is -0.480 e. The van der Waals surface area contributed by atoms with Gasteiger partial charge in [-0.1, -0.05) is 27.7 Å². The Morgan fingerprint density at radius 3 is 2.55 bits per heavy atom. The highest BCUT2D eigenvalue weighted by Crippen LogP contribution is 2.20. The molecule has 1 heterocycles. The van der Waals surface area contributed by atoms with Crippen molar-refractivity contribution in [1.82, 2.24) is 10.2 Å². The molecular weight excluding hydrogens is 256 g/mol. The number of carbonyl (C=O) groups excluding carboxylic acids is 1. The van der Waals surface area contributed by atoms with Crippen molar-refractivity contribution in [1.29, 1.82) is 0 Å². The van der Waals surface area contributed by atoms with Crippen molar-refractivity contribution in [3.63, 3.8) is 0 Å². The Labute approximate surface area is 121 Å². The molecule has 0 saturated carbocycles. The molecule has 0 aromatic heterocycles. The standard InChI is InChI=1S/C15H28N2O3/c1-5-12(13(18)19)17-8-6-7-11(10-17)9-16-14(20)15(2,3)4/h11-12H,5-10H2,1-4H3,(H,16,20)(H,18,19)/t11-,12+/m0/s1. The number of hydrogen-bond donors (Lipinski definition) is 2. The second-order valence-corrected chi connectivity index (χ2v) is 6.73. The van der Waals surface area contributed by atoms with E-state index in [0.29, 0.717) is 18.9 Å². The number of hydrogen-bond acceptors (Lipinski definition) is 3. The first-order valence-electron chi connectivity index (χ1n) is 7.50. The van der Waals surface area contributed by atoms with E-state index >= 15 is 0 Å². The van der Waals surface area contributed by atoms with Crippen LogP contribution in [0.4, 0.5) is 0 Å². The van der Waals surface area contributed by atoms with Crippen LogP contribution in [0, 0.1) is 11.3 Å². The van der Waals surface area contributed by atoms with Gasteiger partial charge in [-0.15, -0.1) is 0 Å². The molecule has 0 bridgehead atoms. The summed E-state index contributed by atoms with van der Waals surface area (Å²) >= 11 is 0. The molecular formula is C15H28N2O3. The number of carbonyl (C=O) groups is 2. The first-order chi connectivity index (χ1) is 9.25. The quantitative estimate of drug-likeness (QED) is 0.806. The number of nitrogens with one attached hydrogen (secondary N) is 1. The van der Waals surface area contributed by atoms with Crippen molar-refractivity contribution >= 4 is 11.9 Å². The number of likely N-dealkylation sites (tertiary alicyclic amines) is 1. The predicted molar refractivity (Wildman–Crippen MR) is 78.5 cm³/mol. The number of nitrogens with zero attached hydrogens (tertiary/aromatic N) is 1. The van der Waals surface area contributed by atoms with Crippen LogP contribution in [0.25, 0.3) is 0 Å². The molecule has 20 heavy (non-hydrogen) atoms. The smallest absolute Gasteiger partial charge is 0.320 e. The van der Waals surface area contributed by atoms with Gasteiger partial charge in [-0.25, -0.2) is 0 Å². The van der Waals surface area contributed by atoms with Crippen LogP contribution in [0.1, 0.15) is 47.0 Å². The Morgan fingerprint density at radius 2 is 2.05 bits per heavy atom. The van der Waals surface area contributed by atoms with Gasteiger partial charge in [0.1, 0.15) is 6.04 Å². The summed E-state index contributed by atoms with van der Waals surface area (Å²) in [5.74, 6) is -0.338. The molecule has 2 atom stereocenters. The first kappa shape index (κ1) is 17.0. The van der Waals surface area contributed by atoms with Gasteiger partial charge in [0, 0.05) is 18.5 Å². The fourth-order valence-corrected chi connectivity index (χ4v) is 2.64. The van der Waals surface area contributed by atoms with E-state index in [1.165, 1.54) is 0 Å². The zero-order valence-corrected chi connectivity index (χ0v) is 13.1. The Morgan fingerprint density at radius 1 is 1.40 bits per heavy atom. The van der Waals surface area contributed by atoms with Gasteiger partial charge in [0.25, 0.3) is 0 Å². The van der Waals surface area contributed by atoms with Crippen LogP contribution in [0.5, 0.6) is 0 Å². The van der Waals surface area contributed by atoms with E-state index < -0.39 is 12.0 Å². The minimum atomic E-state index is -0.744. The van der Waals surface area contributed by atoms with Gasteiger partial charge in [-0.05, 0) is 31.7 Å². The minimum absolute atomic E-state index is 0.0555. The average Bonchev–Trinajstić information content (AvgIpc) is 2.35. The van der Waals surface area contributed by atoms with E-state index in [2.05, 4.69) is 5.32 Å². The Kier molecular flexibility index (Phi) is 5.99. The van der Waals surface area contributed by atoms with Crippen LogP contribution in [0.15, 0.2) is 0 Å². The lowest BCUT2D eigenvalue weighted by atomic mass is 9.93. The van der Waals surface area contributed by atoms with Crippen LogP contribution in [0.3, 0.4) is 0 Å². The number of carboxylic acid groups (broad SMARTS) is 1. The first-order valence-corrected chi connectivity index (χ1v) is 7.50. The third-order valence-electron chi connectivity index (χ3n) is 3.90. The molecule has 0 spiro atoms. The van der Waals surface area contributed by atoms with Gasteiger partial charge < -0.3 is 10.4 Å². The lowest BCUT2D eigenvalue weighted by Gasteiger charge is -2.36. The van der Waals surface area contributed by atoms with E-state index in [4.69, 9.17) is 0 Å². The molecule has 1 fully saturated rings. The maximum atomic E-state index is 11.9. The summed E-state index contributed by atoms with van der Waals surface area (Å²) in [5, 5.41) is 12.2. The SMILES string of the molecule is CC[C@H](C(=O)O)N1CCC[C@@H](CNC(=O)C(C)(C)C)C1. The molecule has 5 nitrogen and oxygen atoms in total. The van der Waals surface area contributed by atoms with Gasteiger partial charge >= 0.3 is 5.97 Å². The van der Waals surface area contributed by atoms with Gasteiger partial charge in [-0.2, -0.15) is 0 Å². The van der Waals surface area contributed by atoms with Crippen molar-refractivity contribution in [3.8, 4) is 0 Å². The fourth-order valence-electron chi connectivity index (χ4n) is 2.64. The average molecular weight is 284 g/mol. The van der Waals surface area contributed by atoms with E-state index in [1.54, 1.807) is 0 Å². The van der Waals surface area contributed by atoms with Crippen molar-refractivity contribution in [2.75, 3.05) is 19.6 Å². The third kappa shape index (κ3) is 4.78. The second kappa shape index (κ2) is 7.07. The fraction of sp³-hybridized carbons (Fsp3) is 0.867. The predicted octanol–water partition coefficient (Wildman–Crippen LogP) is 1.72. The van der Waals surface area contributed by atoms with Gasteiger partial charge in [0.2, 0.25) is 5.91 Å². The van der Waals surface area contributed by atoms with E-state index in [1.807, 2.05) is 32.6 Å². The molecule has 0 aliphatic carbocycles. The molecule has 0 aromatic carbocycles. The normalized spacial score (nSPS) is 22.3. The van der Waals surface area contributed by atoms with E-state index in [-0.39, 0.29) is 11.3 Å². The molecule has 0 unspecified atom stereocenters. The molecule has 1 rings (SSSR count). The number of rotatable bonds is 5. The molecule has 0 aromatic rings. The number of aliphatic carboxylic acids is 1. The molecule has 1 amide bonds. The maximum Gasteiger partial charge on any atom is 0.320 e. The maximum absolute atomic E-state index is 11.9. The molecule has 1 saturated heterocycles. The topological polar surface area (TPSA) is 69.6 Å². The zero-order chi connectivity index (χ0) is 15.3. The van der Waals surface area contributed by atoms with Crippen molar-refractivity contribution < 1.29 is 14.7 Å².